The number of hydrogen-bond donors (Lipinski definition) is 2. The summed E-state index contributed by atoms with van der Waals surface area (Å²) in [6.45, 7) is 1.45. The molecule has 5 nitrogen and oxygen atoms in total. The summed E-state index contributed by atoms with van der Waals surface area (Å²) in [5, 5.41) is 12.2. The van der Waals surface area contributed by atoms with Gasteiger partial charge in [0, 0.05) is 6.54 Å². The minimum atomic E-state index is -0.873. The van der Waals surface area contributed by atoms with Crippen LogP contribution >= 0.6 is 0 Å². The van der Waals surface area contributed by atoms with E-state index in [-0.39, 0.29) is 11.9 Å². The Hall–Kier alpha value is -1.10. The zero-order valence-corrected chi connectivity index (χ0v) is 9.32. The van der Waals surface area contributed by atoms with Gasteiger partial charge in [-0.1, -0.05) is 6.42 Å². The number of carboxylic acids is 1. The summed E-state index contributed by atoms with van der Waals surface area (Å²) in [7, 11) is 0. The third-order valence-corrected chi connectivity index (χ3v) is 3.43. The smallest absolute Gasteiger partial charge is 0.326 e. The highest BCUT2D eigenvalue weighted by atomic mass is 16.4. The van der Waals surface area contributed by atoms with Gasteiger partial charge < -0.3 is 15.3 Å². The van der Waals surface area contributed by atoms with Crippen LogP contribution in [0.2, 0.25) is 0 Å². The number of carbonyl (C=O) groups excluding carboxylic acids is 1. The van der Waals surface area contributed by atoms with E-state index in [9.17, 15) is 9.59 Å². The molecule has 0 aromatic carbocycles. The average Bonchev–Trinajstić information content (AvgIpc) is 2.78. The molecule has 1 unspecified atom stereocenters. The van der Waals surface area contributed by atoms with Crippen molar-refractivity contribution in [3.63, 3.8) is 0 Å². The first-order chi connectivity index (χ1) is 7.70. The second kappa shape index (κ2) is 4.82. The maximum Gasteiger partial charge on any atom is 0.326 e. The largest absolute Gasteiger partial charge is 0.480 e. The number of rotatable bonds is 2. The number of aliphatic carboxylic acids is 1. The molecule has 0 aromatic rings. The number of amides is 1. The van der Waals surface area contributed by atoms with E-state index < -0.39 is 12.0 Å². The number of nitrogens with one attached hydrogen (secondary N) is 1. The predicted octanol–water partition coefficient (Wildman–Crippen LogP) is 0.204. The van der Waals surface area contributed by atoms with Gasteiger partial charge in [0.1, 0.15) is 6.04 Å². The normalized spacial score (nSPS) is 30.4. The minimum absolute atomic E-state index is 0.0235. The zero-order chi connectivity index (χ0) is 11.5. The monoisotopic (exact) mass is 226 g/mol. The van der Waals surface area contributed by atoms with Crippen molar-refractivity contribution in [1.29, 1.82) is 0 Å². The Morgan fingerprint density at radius 1 is 1.19 bits per heavy atom. The first-order valence-corrected chi connectivity index (χ1v) is 5.97. The third kappa shape index (κ3) is 2.19. The van der Waals surface area contributed by atoms with E-state index in [1.807, 2.05) is 0 Å². The molecule has 2 N–H and O–H groups in total. The Morgan fingerprint density at radius 3 is 2.62 bits per heavy atom. The lowest BCUT2D eigenvalue weighted by atomic mass is 10.0. The predicted molar refractivity (Wildman–Crippen MR) is 58.0 cm³/mol. The molecule has 2 aliphatic rings. The second-order valence-electron chi connectivity index (χ2n) is 4.53. The van der Waals surface area contributed by atoms with Crippen LogP contribution in [0.25, 0.3) is 0 Å². The number of nitrogens with zero attached hydrogens (tertiary/aromatic N) is 1. The minimum Gasteiger partial charge on any atom is -0.480 e. The van der Waals surface area contributed by atoms with Gasteiger partial charge in [-0.2, -0.15) is 0 Å². The number of hydrogen-bond acceptors (Lipinski definition) is 3. The highest BCUT2D eigenvalue weighted by Gasteiger charge is 2.37. The van der Waals surface area contributed by atoms with Crippen LogP contribution in [-0.2, 0) is 9.59 Å². The lowest BCUT2D eigenvalue weighted by Gasteiger charge is -2.29. The van der Waals surface area contributed by atoms with Gasteiger partial charge >= 0.3 is 5.97 Å². The van der Waals surface area contributed by atoms with E-state index in [1.165, 1.54) is 4.90 Å². The van der Waals surface area contributed by atoms with Gasteiger partial charge in [-0.3, -0.25) is 4.79 Å². The van der Waals surface area contributed by atoms with Gasteiger partial charge in [-0.25, -0.2) is 4.79 Å². The fourth-order valence-corrected chi connectivity index (χ4v) is 2.55. The zero-order valence-electron chi connectivity index (χ0n) is 9.32. The maximum atomic E-state index is 12.1. The van der Waals surface area contributed by atoms with Crippen LogP contribution in [0, 0.1) is 0 Å². The molecular weight excluding hydrogens is 208 g/mol. The molecule has 90 valence electrons. The summed E-state index contributed by atoms with van der Waals surface area (Å²) < 4.78 is 0. The van der Waals surface area contributed by atoms with E-state index in [0.29, 0.717) is 13.0 Å². The molecule has 16 heavy (non-hydrogen) atoms. The summed E-state index contributed by atoms with van der Waals surface area (Å²) in [4.78, 5) is 24.6. The number of carboxylic acid groups (broad SMARTS) is 1. The first kappa shape index (κ1) is 11.4. The Kier molecular flexibility index (Phi) is 3.43. The topological polar surface area (TPSA) is 69.6 Å². The van der Waals surface area contributed by atoms with Crippen molar-refractivity contribution in [2.75, 3.05) is 13.1 Å². The first-order valence-electron chi connectivity index (χ1n) is 5.97. The third-order valence-electron chi connectivity index (χ3n) is 3.43. The Bertz CT molecular complexity index is 287. The van der Waals surface area contributed by atoms with E-state index >= 15 is 0 Å². The van der Waals surface area contributed by atoms with Gasteiger partial charge in [-0.05, 0) is 32.2 Å². The van der Waals surface area contributed by atoms with Gasteiger partial charge in [0.05, 0.1) is 6.04 Å². The highest BCUT2D eigenvalue weighted by molar-refractivity contribution is 5.87. The van der Waals surface area contributed by atoms with Crippen molar-refractivity contribution in [2.45, 2.75) is 44.2 Å². The van der Waals surface area contributed by atoms with Crippen LogP contribution < -0.4 is 5.32 Å². The Morgan fingerprint density at radius 2 is 2.00 bits per heavy atom. The molecule has 2 fully saturated rings. The molecule has 5 heteroatoms. The Labute approximate surface area is 94.8 Å². The number of piperidine rings is 1. The lowest BCUT2D eigenvalue weighted by molar-refractivity contribution is -0.149. The standard InChI is InChI=1S/C11H18N2O3/c14-10(8-4-1-2-6-12-8)13-7-3-5-9(13)11(15)16/h8-9,12H,1-7H2,(H,15,16)/t8-,9?/m1/s1. The molecule has 2 saturated heterocycles. The van der Waals surface area contributed by atoms with Crippen molar-refractivity contribution in [2.24, 2.45) is 0 Å². The fraction of sp³-hybridized carbons (Fsp3) is 0.818. The van der Waals surface area contributed by atoms with E-state index in [1.54, 1.807) is 0 Å². The molecule has 2 aliphatic heterocycles. The second-order valence-corrected chi connectivity index (χ2v) is 4.53. The lowest BCUT2D eigenvalue weighted by Crippen LogP contribution is -2.51. The molecule has 2 heterocycles. The molecular formula is C11H18N2O3. The summed E-state index contributed by atoms with van der Waals surface area (Å²) in [6, 6.07) is -0.759. The van der Waals surface area contributed by atoms with E-state index in [0.717, 1.165) is 32.2 Å². The van der Waals surface area contributed by atoms with Crippen LogP contribution in [-0.4, -0.2) is 47.1 Å². The van der Waals surface area contributed by atoms with Crippen LogP contribution in [0.3, 0.4) is 0 Å². The maximum absolute atomic E-state index is 12.1. The fourth-order valence-electron chi connectivity index (χ4n) is 2.55. The quantitative estimate of drug-likeness (QED) is 0.706. The molecule has 2 atom stereocenters. The van der Waals surface area contributed by atoms with Gasteiger partial charge in [0.2, 0.25) is 5.91 Å². The van der Waals surface area contributed by atoms with Crippen molar-refractivity contribution in [1.82, 2.24) is 10.2 Å². The van der Waals surface area contributed by atoms with Gasteiger partial charge in [0.25, 0.3) is 0 Å². The molecule has 0 radical (unpaired) electrons. The molecule has 0 saturated carbocycles. The van der Waals surface area contributed by atoms with Crippen LogP contribution in [0.4, 0.5) is 0 Å². The molecule has 1 amide bonds. The summed E-state index contributed by atoms with van der Waals surface area (Å²) >= 11 is 0. The molecule has 0 bridgehead atoms. The summed E-state index contributed by atoms with van der Waals surface area (Å²) in [5.74, 6) is -0.897. The Balaban J connectivity index is 1.99. The van der Waals surface area contributed by atoms with E-state index in [2.05, 4.69) is 5.32 Å². The van der Waals surface area contributed by atoms with Crippen LogP contribution in [0.5, 0.6) is 0 Å². The summed E-state index contributed by atoms with van der Waals surface area (Å²) in [5.41, 5.74) is 0. The van der Waals surface area contributed by atoms with Crippen LogP contribution in [0.15, 0.2) is 0 Å². The van der Waals surface area contributed by atoms with Crippen molar-refractivity contribution in [3.8, 4) is 0 Å². The average molecular weight is 226 g/mol. The van der Waals surface area contributed by atoms with Crippen LogP contribution in [0.1, 0.15) is 32.1 Å². The van der Waals surface area contributed by atoms with Crippen molar-refractivity contribution in [3.05, 3.63) is 0 Å². The summed E-state index contributed by atoms with van der Waals surface area (Å²) in [6.07, 6.45) is 4.38. The SMILES string of the molecule is O=C(O)C1CCCN1C(=O)[C@H]1CCCCN1. The highest BCUT2D eigenvalue weighted by Crippen LogP contribution is 2.20. The van der Waals surface area contributed by atoms with Crippen molar-refractivity contribution >= 4 is 11.9 Å². The van der Waals surface area contributed by atoms with Crippen molar-refractivity contribution < 1.29 is 14.7 Å². The molecule has 0 aromatic heterocycles. The molecule has 2 rings (SSSR count). The van der Waals surface area contributed by atoms with Gasteiger partial charge in [-0.15, -0.1) is 0 Å². The molecule has 0 aliphatic carbocycles. The van der Waals surface area contributed by atoms with E-state index in [4.69, 9.17) is 5.11 Å². The molecule has 0 spiro atoms. The van der Waals surface area contributed by atoms with Gasteiger partial charge in [0.15, 0.2) is 0 Å². The number of carbonyl (C=O) groups is 2. The number of likely N-dealkylation sites (tertiary alicyclic amines) is 1.